The molecule has 0 aliphatic carbocycles. The van der Waals surface area contributed by atoms with Gasteiger partial charge in [-0.2, -0.15) is 0 Å². The number of halogens is 1. The zero-order valence-electron chi connectivity index (χ0n) is 12.4. The predicted octanol–water partition coefficient (Wildman–Crippen LogP) is 3.77. The number of anilines is 2. The van der Waals surface area contributed by atoms with Gasteiger partial charge in [0.2, 0.25) is 0 Å². The summed E-state index contributed by atoms with van der Waals surface area (Å²) >= 11 is 0. The molecule has 0 bridgehead atoms. The van der Waals surface area contributed by atoms with Crippen molar-refractivity contribution in [2.45, 2.75) is 20.3 Å². The summed E-state index contributed by atoms with van der Waals surface area (Å²) in [7, 11) is 0. The van der Waals surface area contributed by atoms with E-state index in [1.165, 1.54) is 17.2 Å². The molecule has 0 aromatic heterocycles. The molecule has 2 aromatic carbocycles. The van der Waals surface area contributed by atoms with E-state index in [0.29, 0.717) is 18.0 Å². The van der Waals surface area contributed by atoms with Crippen molar-refractivity contribution in [1.82, 2.24) is 0 Å². The number of benzene rings is 2. The monoisotopic (exact) mass is 288 g/mol. The van der Waals surface area contributed by atoms with E-state index in [2.05, 4.69) is 30.4 Å². The van der Waals surface area contributed by atoms with E-state index in [1.807, 2.05) is 13.0 Å². The molecule has 0 aliphatic rings. The Morgan fingerprint density at radius 2 is 2.05 bits per heavy atom. The molecule has 21 heavy (non-hydrogen) atoms. The van der Waals surface area contributed by atoms with Gasteiger partial charge in [0.05, 0.1) is 18.0 Å². The van der Waals surface area contributed by atoms with Crippen LogP contribution in [0.3, 0.4) is 0 Å². The number of nitrogens with one attached hydrogen (secondary N) is 1. The molecular weight excluding hydrogens is 267 g/mol. The van der Waals surface area contributed by atoms with Crippen molar-refractivity contribution in [2.75, 3.05) is 24.2 Å². The molecule has 112 valence electrons. The maximum atomic E-state index is 13.6. The van der Waals surface area contributed by atoms with Gasteiger partial charge in [-0.15, -0.1) is 0 Å². The van der Waals surface area contributed by atoms with Gasteiger partial charge in [-0.3, -0.25) is 0 Å². The van der Waals surface area contributed by atoms with Crippen molar-refractivity contribution in [2.24, 2.45) is 0 Å². The Balaban J connectivity index is 2.01. The Morgan fingerprint density at radius 1 is 1.24 bits per heavy atom. The molecule has 0 spiro atoms. The summed E-state index contributed by atoms with van der Waals surface area (Å²) in [5.41, 5.74) is 9.42. The summed E-state index contributed by atoms with van der Waals surface area (Å²) in [6.07, 6.45) is 0.877. The number of aryl methyl sites for hydroxylation is 1. The first-order chi connectivity index (χ1) is 10.1. The number of hydrogen-bond donors (Lipinski definition) is 2. The molecule has 3 nitrogen and oxygen atoms in total. The molecule has 4 heteroatoms. The lowest BCUT2D eigenvalue weighted by Crippen LogP contribution is -2.08. The van der Waals surface area contributed by atoms with Gasteiger partial charge in [0.15, 0.2) is 11.6 Å². The number of nitrogen functional groups attached to an aromatic ring is 1. The fourth-order valence-electron chi connectivity index (χ4n) is 2.20. The maximum Gasteiger partial charge on any atom is 0.167 e. The van der Waals surface area contributed by atoms with Crippen LogP contribution in [0.4, 0.5) is 15.8 Å². The van der Waals surface area contributed by atoms with Gasteiger partial charge in [0, 0.05) is 18.7 Å². The van der Waals surface area contributed by atoms with Crippen LogP contribution in [-0.2, 0) is 6.42 Å². The van der Waals surface area contributed by atoms with Crippen LogP contribution in [-0.4, -0.2) is 13.2 Å². The van der Waals surface area contributed by atoms with E-state index in [9.17, 15) is 4.39 Å². The van der Waals surface area contributed by atoms with Crippen molar-refractivity contribution >= 4 is 11.4 Å². The third kappa shape index (κ3) is 4.12. The highest BCUT2D eigenvalue weighted by Gasteiger charge is 2.08. The molecule has 0 radical (unpaired) electrons. The van der Waals surface area contributed by atoms with Crippen molar-refractivity contribution in [3.05, 3.63) is 53.3 Å². The minimum atomic E-state index is -0.432. The van der Waals surface area contributed by atoms with Crippen LogP contribution in [0.15, 0.2) is 36.4 Å². The zero-order valence-corrected chi connectivity index (χ0v) is 12.4. The summed E-state index contributed by atoms with van der Waals surface area (Å²) in [5, 5.41) is 3.24. The van der Waals surface area contributed by atoms with Crippen LogP contribution in [0, 0.1) is 12.7 Å². The van der Waals surface area contributed by atoms with Gasteiger partial charge in [-0.1, -0.05) is 29.8 Å². The Kier molecular flexibility index (Phi) is 5.04. The Hall–Kier alpha value is -2.23. The van der Waals surface area contributed by atoms with E-state index in [4.69, 9.17) is 10.5 Å². The van der Waals surface area contributed by atoms with Crippen molar-refractivity contribution in [3.8, 4) is 5.75 Å². The van der Waals surface area contributed by atoms with E-state index >= 15 is 0 Å². The Morgan fingerprint density at radius 3 is 2.76 bits per heavy atom. The van der Waals surface area contributed by atoms with Crippen LogP contribution in [0.2, 0.25) is 0 Å². The fourth-order valence-corrected chi connectivity index (χ4v) is 2.20. The van der Waals surface area contributed by atoms with Gasteiger partial charge in [-0.25, -0.2) is 4.39 Å². The summed E-state index contributed by atoms with van der Waals surface area (Å²) in [6, 6.07) is 11.3. The maximum absolute atomic E-state index is 13.6. The smallest absolute Gasteiger partial charge is 0.167 e. The van der Waals surface area contributed by atoms with Crippen LogP contribution >= 0.6 is 0 Å². The molecule has 0 aliphatic heterocycles. The summed E-state index contributed by atoms with van der Waals surface area (Å²) in [4.78, 5) is 0. The van der Waals surface area contributed by atoms with Gasteiger partial charge in [0.25, 0.3) is 0 Å². The standard InChI is InChI=1S/C17H21FN2O/c1-3-21-17-11-16(15(19)10-14(17)18)20-8-7-13-6-4-5-12(2)9-13/h4-6,9-11,20H,3,7-8,19H2,1-2H3. The highest BCUT2D eigenvalue weighted by atomic mass is 19.1. The van der Waals surface area contributed by atoms with Crippen LogP contribution in [0.1, 0.15) is 18.1 Å². The molecule has 0 saturated carbocycles. The first-order valence-corrected chi connectivity index (χ1v) is 7.11. The predicted molar refractivity (Wildman–Crippen MR) is 85.4 cm³/mol. The number of hydrogen-bond acceptors (Lipinski definition) is 3. The molecule has 0 heterocycles. The highest BCUT2D eigenvalue weighted by molar-refractivity contribution is 5.68. The van der Waals surface area contributed by atoms with Gasteiger partial charge in [-0.05, 0) is 25.8 Å². The molecule has 0 atom stereocenters. The summed E-state index contributed by atoms with van der Waals surface area (Å²) in [6.45, 7) is 5.04. The summed E-state index contributed by atoms with van der Waals surface area (Å²) < 4.78 is 18.9. The number of nitrogens with two attached hydrogens (primary N) is 1. The van der Waals surface area contributed by atoms with Crippen LogP contribution in [0.5, 0.6) is 5.75 Å². The zero-order chi connectivity index (χ0) is 15.2. The summed E-state index contributed by atoms with van der Waals surface area (Å²) in [5.74, 6) is -0.205. The topological polar surface area (TPSA) is 47.3 Å². The second kappa shape index (κ2) is 6.97. The molecular formula is C17H21FN2O. The van der Waals surface area contributed by atoms with Crippen LogP contribution in [0.25, 0.3) is 0 Å². The second-order valence-electron chi connectivity index (χ2n) is 4.97. The molecule has 0 saturated heterocycles. The third-order valence-corrected chi connectivity index (χ3v) is 3.22. The Bertz CT molecular complexity index is 614. The van der Waals surface area contributed by atoms with Gasteiger partial charge < -0.3 is 15.8 Å². The molecule has 0 amide bonds. The van der Waals surface area contributed by atoms with Gasteiger partial charge in [0.1, 0.15) is 0 Å². The molecule has 2 rings (SSSR count). The largest absolute Gasteiger partial charge is 0.491 e. The second-order valence-corrected chi connectivity index (χ2v) is 4.97. The van der Waals surface area contributed by atoms with Crippen molar-refractivity contribution < 1.29 is 9.13 Å². The molecule has 0 fully saturated rings. The number of rotatable bonds is 6. The molecule has 3 N–H and O–H groups in total. The average Bonchev–Trinajstić information content (AvgIpc) is 2.44. The van der Waals surface area contributed by atoms with E-state index in [1.54, 1.807) is 6.07 Å². The third-order valence-electron chi connectivity index (χ3n) is 3.22. The number of ether oxygens (including phenoxy) is 1. The normalized spacial score (nSPS) is 10.4. The lowest BCUT2D eigenvalue weighted by Gasteiger charge is -2.12. The first kappa shape index (κ1) is 15.2. The van der Waals surface area contributed by atoms with Crippen molar-refractivity contribution in [3.63, 3.8) is 0 Å². The van der Waals surface area contributed by atoms with E-state index in [-0.39, 0.29) is 5.75 Å². The minimum Gasteiger partial charge on any atom is -0.491 e. The Labute approximate surface area is 124 Å². The van der Waals surface area contributed by atoms with Gasteiger partial charge >= 0.3 is 0 Å². The molecule has 2 aromatic rings. The quantitative estimate of drug-likeness (QED) is 0.795. The lowest BCUT2D eigenvalue weighted by molar-refractivity contribution is 0.322. The van der Waals surface area contributed by atoms with E-state index < -0.39 is 5.82 Å². The van der Waals surface area contributed by atoms with Crippen LogP contribution < -0.4 is 15.8 Å². The highest BCUT2D eigenvalue weighted by Crippen LogP contribution is 2.28. The molecule has 0 unspecified atom stereocenters. The fraction of sp³-hybridized carbons (Fsp3) is 0.294. The SMILES string of the molecule is CCOc1cc(NCCc2cccc(C)c2)c(N)cc1F. The lowest BCUT2D eigenvalue weighted by atomic mass is 10.1. The minimum absolute atomic E-state index is 0.227. The van der Waals surface area contributed by atoms with E-state index in [0.717, 1.165) is 13.0 Å². The first-order valence-electron chi connectivity index (χ1n) is 7.11. The average molecular weight is 288 g/mol. The van der Waals surface area contributed by atoms with Crippen molar-refractivity contribution in [1.29, 1.82) is 0 Å².